The minimum Gasteiger partial charge on any atom is -0.481 e. The molecule has 0 unspecified atom stereocenters. The molecular formula is C7H12O5S. The Balaban J connectivity index is 4.34. The first kappa shape index (κ1) is 12.2. The molecule has 1 atom stereocenters. The average Bonchev–Trinajstić information content (AvgIpc) is 1.99. The minimum absolute atomic E-state index is 0.0597. The third-order valence-electron chi connectivity index (χ3n) is 1.56. The summed E-state index contributed by atoms with van der Waals surface area (Å²) in [4.78, 5) is 20.8. The molecule has 0 bridgehead atoms. The molecule has 0 aromatic rings. The van der Waals surface area contributed by atoms with Crippen molar-refractivity contribution in [3.05, 3.63) is 0 Å². The van der Waals surface area contributed by atoms with Crippen LogP contribution in [0.25, 0.3) is 0 Å². The summed E-state index contributed by atoms with van der Waals surface area (Å²) in [5.74, 6) is -2.38. The summed E-state index contributed by atoms with van der Waals surface area (Å²) in [5, 5.41) is 26.3. The number of aliphatic hydroxyl groups is 1. The van der Waals surface area contributed by atoms with Gasteiger partial charge in [0.2, 0.25) is 0 Å². The van der Waals surface area contributed by atoms with Crippen LogP contribution in [-0.4, -0.2) is 44.9 Å². The highest BCUT2D eigenvalue weighted by Crippen LogP contribution is 2.18. The van der Waals surface area contributed by atoms with Crippen LogP contribution in [0.2, 0.25) is 0 Å². The minimum atomic E-state index is -2.13. The highest BCUT2D eigenvalue weighted by atomic mass is 32.2. The van der Waals surface area contributed by atoms with Gasteiger partial charge in [-0.2, -0.15) is 11.8 Å². The first-order valence-electron chi connectivity index (χ1n) is 3.59. The molecule has 3 N–H and O–H groups in total. The smallest absolute Gasteiger partial charge is 0.336 e. The van der Waals surface area contributed by atoms with E-state index >= 15 is 0 Å². The number of thioether (sulfide) groups is 1. The molecule has 0 fully saturated rings. The molecule has 0 radical (unpaired) electrons. The Hall–Kier alpha value is -0.750. The van der Waals surface area contributed by atoms with E-state index in [9.17, 15) is 14.7 Å². The molecule has 0 saturated carbocycles. The second-order valence-electron chi connectivity index (χ2n) is 2.65. The fraction of sp³-hybridized carbons (Fsp3) is 0.714. The SMILES string of the molecule is CSCC[C@@](O)(CC(=O)O)C(=O)O. The van der Waals surface area contributed by atoms with Crippen molar-refractivity contribution in [1.82, 2.24) is 0 Å². The lowest BCUT2D eigenvalue weighted by atomic mass is 9.97. The van der Waals surface area contributed by atoms with Crippen LogP contribution >= 0.6 is 11.8 Å². The maximum absolute atomic E-state index is 10.5. The molecule has 5 nitrogen and oxygen atoms in total. The maximum atomic E-state index is 10.5. The Morgan fingerprint density at radius 1 is 1.38 bits per heavy atom. The van der Waals surface area contributed by atoms with Gasteiger partial charge in [0, 0.05) is 0 Å². The molecule has 0 saturated heterocycles. The Morgan fingerprint density at radius 2 is 1.92 bits per heavy atom. The molecule has 0 rings (SSSR count). The van der Waals surface area contributed by atoms with Crippen molar-refractivity contribution in [3.8, 4) is 0 Å². The van der Waals surface area contributed by atoms with Crippen LogP contribution in [0.1, 0.15) is 12.8 Å². The number of carboxylic acids is 2. The van der Waals surface area contributed by atoms with Crippen molar-refractivity contribution in [3.63, 3.8) is 0 Å². The molecule has 0 aliphatic rings. The van der Waals surface area contributed by atoms with Crippen LogP contribution in [0.3, 0.4) is 0 Å². The molecule has 0 heterocycles. The summed E-state index contributed by atoms with van der Waals surface area (Å²) >= 11 is 1.36. The van der Waals surface area contributed by atoms with Gasteiger partial charge in [0.25, 0.3) is 0 Å². The molecule has 0 aromatic carbocycles. The van der Waals surface area contributed by atoms with E-state index in [1.54, 1.807) is 6.26 Å². The van der Waals surface area contributed by atoms with Crippen molar-refractivity contribution in [1.29, 1.82) is 0 Å². The van der Waals surface area contributed by atoms with E-state index in [1.165, 1.54) is 11.8 Å². The number of hydrogen-bond donors (Lipinski definition) is 3. The normalized spacial score (nSPS) is 14.9. The molecule has 6 heteroatoms. The zero-order valence-electron chi connectivity index (χ0n) is 7.19. The Bertz CT molecular complexity index is 205. The standard InChI is InChI=1S/C7H12O5S/c1-13-3-2-7(12,6(10)11)4-5(8)9/h12H,2-4H2,1H3,(H,8,9)(H,10,11)/t7-/m1/s1. The largest absolute Gasteiger partial charge is 0.481 e. The van der Waals surface area contributed by atoms with Gasteiger partial charge in [-0.15, -0.1) is 0 Å². The number of carbonyl (C=O) groups is 2. The Morgan fingerprint density at radius 3 is 2.23 bits per heavy atom. The third kappa shape index (κ3) is 4.14. The van der Waals surface area contributed by atoms with E-state index < -0.39 is 24.0 Å². The maximum Gasteiger partial charge on any atom is 0.336 e. The highest BCUT2D eigenvalue weighted by Gasteiger charge is 2.37. The average molecular weight is 208 g/mol. The molecule has 0 spiro atoms. The number of carboxylic acid groups (broad SMARTS) is 2. The van der Waals surface area contributed by atoms with Crippen LogP contribution in [0.5, 0.6) is 0 Å². The van der Waals surface area contributed by atoms with Gasteiger partial charge in [0.05, 0.1) is 6.42 Å². The lowest BCUT2D eigenvalue weighted by molar-refractivity contribution is -0.165. The van der Waals surface area contributed by atoms with Crippen molar-refractivity contribution in [2.75, 3.05) is 12.0 Å². The van der Waals surface area contributed by atoms with Crippen LogP contribution in [0.15, 0.2) is 0 Å². The fourth-order valence-corrected chi connectivity index (χ4v) is 1.33. The molecule has 0 aromatic heterocycles. The number of rotatable bonds is 6. The van der Waals surface area contributed by atoms with Gasteiger partial charge in [-0.05, 0) is 18.4 Å². The van der Waals surface area contributed by atoms with Crippen LogP contribution in [-0.2, 0) is 9.59 Å². The first-order chi connectivity index (χ1) is 5.92. The Kier molecular flexibility index (Phi) is 4.79. The monoisotopic (exact) mass is 208 g/mol. The van der Waals surface area contributed by atoms with Crippen LogP contribution in [0, 0.1) is 0 Å². The lowest BCUT2D eigenvalue weighted by Crippen LogP contribution is -2.41. The summed E-state index contributed by atoms with van der Waals surface area (Å²) in [6.45, 7) is 0. The summed E-state index contributed by atoms with van der Waals surface area (Å²) < 4.78 is 0. The van der Waals surface area contributed by atoms with Gasteiger partial charge in [0.1, 0.15) is 0 Å². The molecular weight excluding hydrogens is 196 g/mol. The summed E-state index contributed by atoms with van der Waals surface area (Å²) in [6, 6.07) is 0. The van der Waals surface area contributed by atoms with Crippen molar-refractivity contribution in [2.45, 2.75) is 18.4 Å². The van der Waals surface area contributed by atoms with Crippen molar-refractivity contribution < 1.29 is 24.9 Å². The van der Waals surface area contributed by atoms with Gasteiger partial charge in [-0.1, -0.05) is 0 Å². The topological polar surface area (TPSA) is 94.8 Å². The molecule has 0 amide bonds. The molecule has 0 aliphatic carbocycles. The second-order valence-corrected chi connectivity index (χ2v) is 3.64. The predicted octanol–water partition coefficient (Wildman–Crippen LogP) is 0.0299. The summed E-state index contributed by atoms with van der Waals surface area (Å²) in [7, 11) is 0. The van der Waals surface area contributed by atoms with Gasteiger partial charge < -0.3 is 15.3 Å². The lowest BCUT2D eigenvalue weighted by Gasteiger charge is -2.20. The highest BCUT2D eigenvalue weighted by molar-refractivity contribution is 7.98. The zero-order chi connectivity index (χ0) is 10.5. The fourth-order valence-electron chi connectivity index (χ4n) is 0.792. The van der Waals surface area contributed by atoms with Crippen LogP contribution < -0.4 is 0 Å². The number of hydrogen-bond acceptors (Lipinski definition) is 4. The van der Waals surface area contributed by atoms with Gasteiger partial charge in [0.15, 0.2) is 5.60 Å². The van der Waals surface area contributed by atoms with E-state index in [0.29, 0.717) is 5.75 Å². The molecule has 76 valence electrons. The third-order valence-corrected chi connectivity index (χ3v) is 2.17. The van der Waals surface area contributed by atoms with E-state index in [-0.39, 0.29) is 6.42 Å². The summed E-state index contributed by atoms with van der Waals surface area (Å²) in [6.07, 6.45) is 0.932. The zero-order valence-corrected chi connectivity index (χ0v) is 8.00. The predicted molar refractivity (Wildman–Crippen MR) is 47.8 cm³/mol. The number of aliphatic carboxylic acids is 2. The van der Waals surface area contributed by atoms with Gasteiger partial charge in [-0.3, -0.25) is 4.79 Å². The second kappa shape index (κ2) is 5.08. The van der Waals surface area contributed by atoms with E-state index in [1.807, 2.05) is 0 Å². The van der Waals surface area contributed by atoms with Gasteiger partial charge in [-0.25, -0.2) is 4.79 Å². The van der Waals surface area contributed by atoms with E-state index in [4.69, 9.17) is 10.2 Å². The van der Waals surface area contributed by atoms with E-state index in [2.05, 4.69) is 0 Å². The quantitative estimate of drug-likeness (QED) is 0.570. The molecule has 13 heavy (non-hydrogen) atoms. The van der Waals surface area contributed by atoms with Gasteiger partial charge >= 0.3 is 11.9 Å². The first-order valence-corrected chi connectivity index (χ1v) is 4.98. The van der Waals surface area contributed by atoms with Crippen molar-refractivity contribution in [2.24, 2.45) is 0 Å². The van der Waals surface area contributed by atoms with Crippen molar-refractivity contribution >= 4 is 23.7 Å². The summed E-state index contributed by atoms with van der Waals surface area (Å²) in [5.41, 5.74) is -2.13. The Labute approximate surface area is 79.8 Å². The molecule has 0 aliphatic heterocycles. The van der Waals surface area contributed by atoms with E-state index in [0.717, 1.165) is 0 Å². The van der Waals surface area contributed by atoms with Crippen LogP contribution in [0.4, 0.5) is 0 Å².